The van der Waals surface area contributed by atoms with E-state index in [1.807, 2.05) is 6.92 Å². The molecule has 0 fully saturated rings. The number of carbonyl (C=O) groups is 1. The Kier molecular flexibility index (Phi) is 3.18. The Morgan fingerprint density at radius 2 is 2.50 bits per heavy atom. The Balaban J connectivity index is 2.22. The second kappa shape index (κ2) is 4.42. The first kappa shape index (κ1) is 8.63. The van der Waals surface area contributed by atoms with E-state index < -0.39 is 0 Å². The lowest BCUT2D eigenvalue weighted by molar-refractivity contribution is -0.145. The minimum atomic E-state index is -0.228. The number of carbonyl (C=O) groups excluding carboxylic acids is 1. The highest BCUT2D eigenvalue weighted by Gasteiger charge is 2.02. The lowest BCUT2D eigenvalue weighted by Gasteiger charge is -1.98. The first-order valence-electron chi connectivity index (χ1n) is 3.71. The molecule has 0 bridgehead atoms. The van der Waals surface area contributed by atoms with Crippen LogP contribution in [0.25, 0.3) is 0 Å². The number of aromatic nitrogens is 4. The van der Waals surface area contributed by atoms with E-state index in [1.165, 1.54) is 0 Å². The smallest absolute Gasteiger partial charge is 0.306 e. The molecule has 6 nitrogen and oxygen atoms in total. The zero-order chi connectivity index (χ0) is 8.81. The fraction of sp³-hybridized carbons (Fsp3) is 0.667. The fourth-order valence-electron chi connectivity index (χ4n) is 0.665. The van der Waals surface area contributed by atoms with Crippen LogP contribution in [0.1, 0.15) is 25.6 Å². The molecule has 0 aliphatic rings. The first-order chi connectivity index (χ1) is 5.83. The van der Waals surface area contributed by atoms with Gasteiger partial charge >= 0.3 is 5.97 Å². The number of H-pyrrole nitrogens is 1. The summed E-state index contributed by atoms with van der Waals surface area (Å²) in [5.74, 6) is 0.230. The Hall–Kier alpha value is -1.46. The molecule has 0 saturated heterocycles. The van der Waals surface area contributed by atoms with Crippen molar-refractivity contribution < 1.29 is 9.53 Å². The van der Waals surface area contributed by atoms with Crippen LogP contribution in [-0.4, -0.2) is 26.6 Å². The van der Waals surface area contributed by atoms with Gasteiger partial charge < -0.3 is 4.74 Å². The number of ether oxygens (including phenoxy) is 1. The molecule has 0 unspecified atom stereocenters. The molecule has 0 aliphatic heterocycles. The van der Waals surface area contributed by atoms with E-state index in [2.05, 4.69) is 20.6 Å². The maximum absolute atomic E-state index is 10.8. The van der Waals surface area contributed by atoms with Crippen molar-refractivity contribution in [1.82, 2.24) is 20.6 Å². The van der Waals surface area contributed by atoms with Crippen molar-refractivity contribution >= 4 is 5.97 Å². The molecule has 1 rings (SSSR count). The first-order valence-corrected chi connectivity index (χ1v) is 3.71. The molecule has 0 aromatic carbocycles. The number of nitrogens with zero attached hydrogens (tertiary/aromatic N) is 3. The molecule has 0 saturated carbocycles. The van der Waals surface area contributed by atoms with Gasteiger partial charge in [0.15, 0.2) is 12.4 Å². The summed E-state index contributed by atoms with van der Waals surface area (Å²) in [6.07, 6.45) is 1.22. The second-order valence-corrected chi connectivity index (χ2v) is 2.26. The van der Waals surface area contributed by atoms with Crippen LogP contribution in [-0.2, 0) is 16.1 Å². The lowest BCUT2D eigenvalue weighted by atomic mass is 10.3. The Bertz CT molecular complexity index is 234. The maximum Gasteiger partial charge on any atom is 0.306 e. The molecule has 1 aromatic rings. The normalized spacial score (nSPS) is 9.75. The number of hydrogen-bond acceptors (Lipinski definition) is 5. The fourth-order valence-corrected chi connectivity index (χ4v) is 0.665. The largest absolute Gasteiger partial charge is 0.457 e. The summed E-state index contributed by atoms with van der Waals surface area (Å²) in [6, 6.07) is 0. The average molecular weight is 170 g/mol. The van der Waals surface area contributed by atoms with Gasteiger partial charge in [0.05, 0.1) is 0 Å². The summed E-state index contributed by atoms with van der Waals surface area (Å²) in [7, 11) is 0. The number of nitrogens with one attached hydrogen (secondary N) is 1. The molecule has 0 radical (unpaired) electrons. The van der Waals surface area contributed by atoms with Crippen LogP contribution in [0.2, 0.25) is 0 Å². The van der Waals surface area contributed by atoms with Gasteiger partial charge in [0, 0.05) is 6.42 Å². The van der Waals surface area contributed by atoms with E-state index >= 15 is 0 Å². The molecule has 0 amide bonds. The van der Waals surface area contributed by atoms with Crippen LogP contribution in [0.15, 0.2) is 0 Å². The summed E-state index contributed by atoms with van der Waals surface area (Å²) in [5, 5.41) is 12.7. The van der Waals surface area contributed by atoms with Crippen LogP contribution in [0.5, 0.6) is 0 Å². The molecular weight excluding hydrogens is 160 g/mol. The Morgan fingerprint density at radius 3 is 3.08 bits per heavy atom. The van der Waals surface area contributed by atoms with Gasteiger partial charge in [0.2, 0.25) is 0 Å². The van der Waals surface area contributed by atoms with Crippen molar-refractivity contribution in [2.75, 3.05) is 0 Å². The molecule has 6 heteroatoms. The monoisotopic (exact) mass is 170 g/mol. The van der Waals surface area contributed by atoms with E-state index in [1.54, 1.807) is 0 Å². The van der Waals surface area contributed by atoms with E-state index in [0.717, 1.165) is 6.42 Å². The van der Waals surface area contributed by atoms with Crippen molar-refractivity contribution in [2.24, 2.45) is 0 Å². The van der Waals surface area contributed by atoms with E-state index in [-0.39, 0.29) is 12.6 Å². The van der Waals surface area contributed by atoms with Crippen molar-refractivity contribution in [3.05, 3.63) is 5.82 Å². The third-order valence-electron chi connectivity index (χ3n) is 1.21. The quantitative estimate of drug-likeness (QED) is 0.645. The molecule has 0 atom stereocenters. The predicted octanol–water partition coefficient (Wildman–Crippen LogP) is 0.0430. The van der Waals surface area contributed by atoms with Gasteiger partial charge in [0.25, 0.3) is 0 Å². The highest BCUT2D eigenvalue weighted by molar-refractivity contribution is 5.69. The van der Waals surface area contributed by atoms with Crippen molar-refractivity contribution in [2.45, 2.75) is 26.4 Å². The predicted molar refractivity (Wildman–Crippen MR) is 38.9 cm³/mol. The molecule has 1 aromatic heterocycles. The molecule has 66 valence electrons. The number of tetrazole rings is 1. The van der Waals surface area contributed by atoms with Crippen LogP contribution in [0, 0.1) is 0 Å². The lowest BCUT2D eigenvalue weighted by Crippen LogP contribution is -2.04. The standard InChI is InChI=1S/C6H10N4O2/c1-2-3-6(11)12-4-5-7-9-10-8-5/h2-4H2,1H3,(H,7,8,9,10). The zero-order valence-electron chi connectivity index (χ0n) is 6.78. The van der Waals surface area contributed by atoms with Gasteiger partial charge in [-0.25, -0.2) is 5.10 Å². The number of aromatic amines is 1. The summed E-state index contributed by atoms with van der Waals surface area (Å²) in [5.41, 5.74) is 0. The third kappa shape index (κ3) is 2.65. The Labute approximate surface area is 69.3 Å². The molecular formula is C6H10N4O2. The minimum Gasteiger partial charge on any atom is -0.457 e. The van der Waals surface area contributed by atoms with E-state index in [9.17, 15) is 4.79 Å². The van der Waals surface area contributed by atoms with Crippen molar-refractivity contribution in [3.8, 4) is 0 Å². The van der Waals surface area contributed by atoms with Crippen LogP contribution >= 0.6 is 0 Å². The maximum atomic E-state index is 10.8. The molecule has 1 N–H and O–H groups in total. The van der Waals surface area contributed by atoms with Gasteiger partial charge in [0.1, 0.15) is 0 Å². The highest BCUT2D eigenvalue weighted by atomic mass is 16.5. The van der Waals surface area contributed by atoms with Crippen molar-refractivity contribution in [3.63, 3.8) is 0 Å². The summed E-state index contributed by atoms with van der Waals surface area (Å²) in [6.45, 7) is 2.03. The summed E-state index contributed by atoms with van der Waals surface area (Å²) < 4.78 is 4.81. The average Bonchev–Trinajstić information content (AvgIpc) is 2.53. The van der Waals surface area contributed by atoms with E-state index in [0.29, 0.717) is 12.2 Å². The van der Waals surface area contributed by atoms with Gasteiger partial charge in [-0.2, -0.15) is 0 Å². The minimum absolute atomic E-state index is 0.117. The van der Waals surface area contributed by atoms with E-state index in [4.69, 9.17) is 4.74 Å². The van der Waals surface area contributed by atoms with Crippen LogP contribution < -0.4 is 0 Å². The summed E-state index contributed by atoms with van der Waals surface area (Å²) in [4.78, 5) is 10.8. The van der Waals surface area contributed by atoms with Crippen LogP contribution in [0.3, 0.4) is 0 Å². The third-order valence-corrected chi connectivity index (χ3v) is 1.21. The SMILES string of the molecule is CCCC(=O)OCc1nnn[nH]1. The number of hydrogen-bond donors (Lipinski definition) is 1. The number of rotatable bonds is 4. The molecule has 12 heavy (non-hydrogen) atoms. The zero-order valence-corrected chi connectivity index (χ0v) is 6.78. The second-order valence-electron chi connectivity index (χ2n) is 2.26. The topological polar surface area (TPSA) is 80.8 Å². The van der Waals surface area contributed by atoms with Gasteiger partial charge in [-0.15, -0.1) is 5.10 Å². The molecule has 0 aliphatic carbocycles. The van der Waals surface area contributed by atoms with Gasteiger partial charge in [-0.05, 0) is 16.8 Å². The highest BCUT2D eigenvalue weighted by Crippen LogP contribution is 1.94. The molecule has 0 spiro atoms. The van der Waals surface area contributed by atoms with Crippen LogP contribution in [0.4, 0.5) is 0 Å². The summed E-state index contributed by atoms with van der Waals surface area (Å²) >= 11 is 0. The van der Waals surface area contributed by atoms with Gasteiger partial charge in [-0.3, -0.25) is 4.79 Å². The van der Waals surface area contributed by atoms with Crippen molar-refractivity contribution in [1.29, 1.82) is 0 Å². The van der Waals surface area contributed by atoms with Gasteiger partial charge in [-0.1, -0.05) is 6.92 Å². The Morgan fingerprint density at radius 1 is 1.67 bits per heavy atom. The number of esters is 1. The molecule has 1 heterocycles.